The van der Waals surface area contributed by atoms with E-state index in [1.54, 1.807) is 11.3 Å². The lowest BCUT2D eigenvalue weighted by Gasteiger charge is -2.20. The highest BCUT2D eigenvalue weighted by Crippen LogP contribution is 2.28. The minimum absolute atomic E-state index is 0.216. The zero-order chi connectivity index (χ0) is 11.8. The molecule has 1 aliphatic heterocycles. The smallest absolute Gasteiger partial charge is 0.339 e. The topological polar surface area (TPSA) is 35.5 Å². The summed E-state index contributed by atoms with van der Waals surface area (Å²) in [5.41, 5.74) is 1.40. The molecule has 1 aliphatic rings. The first-order valence-corrected chi connectivity index (χ1v) is 6.25. The summed E-state index contributed by atoms with van der Waals surface area (Å²) in [7, 11) is 0. The third-order valence-electron chi connectivity index (χ3n) is 2.33. The molecule has 2 rings (SSSR count). The minimum atomic E-state index is -0.433. The van der Waals surface area contributed by atoms with E-state index in [0.717, 1.165) is 22.4 Å². The van der Waals surface area contributed by atoms with Crippen LogP contribution in [0.2, 0.25) is 0 Å². The second-order valence-electron chi connectivity index (χ2n) is 4.86. The second-order valence-corrected chi connectivity index (χ2v) is 5.82. The number of hydrogen-bond acceptors (Lipinski definition) is 4. The molecule has 88 valence electrons. The molecule has 4 heteroatoms. The van der Waals surface area contributed by atoms with Gasteiger partial charge in [0.2, 0.25) is 0 Å². The molecule has 0 spiro atoms. The number of fused-ring (bicyclic) bond motifs is 1. The third kappa shape index (κ3) is 2.44. The minimum Gasteiger partial charge on any atom is -0.456 e. The fourth-order valence-electron chi connectivity index (χ4n) is 1.66. The predicted octanol–water partition coefficient (Wildman–Crippen LogP) is 2.78. The van der Waals surface area contributed by atoms with Crippen molar-refractivity contribution in [1.29, 1.82) is 0 Å². The molecule has 0 atom stereocenters. The summed E-state index contributed by atoms with van der Waals surface area (Å²) in [6.45, 7) is 6.97. The van der Waals surface area contributed by atoms with Crippen LogP contribution in [0.4, 0.5) is 0 Å². The normalized spacial score (nSPS) is 15.7. The Hall–Kier alpha value is -0.870. The standard InChI is InChI=1S/C12H16O3S/c1-12(2,3)15-11(13)9-7-16-10-6-14-5-4-8(9)10/h7H,4-6H2,1-3H3. The van der Waals surface area contributed by atoms with E-state index in [4.69, 9.17) is 9.47 Å². The van der Waals surface area contributed by atoms with Gasteiger partial charge in [0.1, 0.15) is 5.60 Å². The van der Waals surface area contributed by atoms with Crippen LogP contribution in [0.15, 0.2) is 5.38 Å². The van der Waals surface area contributed by atoms with E-state index in [1.807, 2.05) is 26.2 Å². The average Bonchev–Trinajstić information content (AvgIpc) is 2.58. The number of thiophene rings is 1. The lowest BCUT2D eigenvalue weighted by atomic mass is 10.1. The number of rotatable bonds is 1. The quantitative estimate of drug-likeness (QED) is 0.708. The van der Waals surface area contributed by atoms with Gasteiger partial charge in [0, 0.05) is 10.3 Å². The van der Waals surface area contributed by atoms with Crippen LogP contribution in [0.25, 0.3) is 0 Å². The van der Waals surface area contributed by atoms with Crippen molar-refractivity contribution in [2.75, 3.05) is 6.61 Å². The first kappa shape index (κ1) is 11.6. The van der Waals surface area contributed by atoms with Crippen molar-refractivity contribution in [3.05, 3.63) is 21.4 Å². The average molecular weight is 240 g/mol. The van der Waals surface area contributed by atoms with Crippen LogP contribution in [-0.4, -0.2) is 18.2 Å². The van der Waals surface area contributed by atoms with Crippen molar-refractivity contribution in [2.45, 2.75) is 39.4 Å². The summed E-state index contributed by atoms with van der Waals surface area (Å²) in [6, 6.07) is 0. The molecular weight excluding hydrogens is 224 g/mol. The Morgan fingerprint density at radius 2 is 2.25 bits per heavy atom. The van der Waals surface area contributed by atoms with Gasteiger partial charge in [0.15, 0.2) is 0 Å². The molecule has 16 heavy (non-hydrogen) atoms. The molecule has 0 fully saturated rings. The van der Waals surface area contributed by atoms with Crippen LogP contribution in [0.5, 0.6) is 0 Å². The number of esters is 1. The number of ether oxygens (including phenoxy) is 2. The molecule has 0 aromatic carbocycles. The fraction of sp³-hybridized carbons (Fsp3) is 0.583. The molecule has 0 bridgehead atoms. The summed E-state index contributed by atoms with van der Waals surface area (Å²) < 4.78 is 10.7. The van der Waals surface area contributed by atoms with Gasteiger partial charge >= 0.3 is 5.97 Å². The highest BCUT2D eigenvalue weighted by Gasteiger charge is 2.24. The SMILES string of the molecule is CC(C)(C)OC(=O)c1csc2c1CCOC2. The Balaban J connectivity index is 2.21. The monoisotopic (exact) mass is 240 g/mol. The van der Waals surface area contributed by atoms with Gasteiger partial charge in [-0.1, -0.05) is 0 Å². The number of hydrogen-bond donors (Lipinski definition) is 0. The van der Waals surface area contributed by atoms with Gasteiger partial charge in [-0.3, -0.25) is 0 Å². The first-order chi connectivity index (χ1) is 7.47. The number of carbonyl (C=O) groups excluding carboxylic acids is 1. The lowest BCUT2D eigenvalue weighted by molar-refractivity contribution is 0.00674. The van der Waals surface area contributed by atoms with Gasteiger partial charge in [-0.25, -0.2) is 4.79 Å². The maximum absolute atomic E-state index is 11.9. The Kier molecular flexibility index (Phi) is 3.04. The van der Waals surface area contributed by atoms with Crippen molar-refractivity contribution in [3.63, 3.8) is 0 Å². The Morgan fingerprint density at radius 3 is 2.94 bits per heavy atom. The van der Waals surface area contributed by atoms with E-state index in [1.165, 1.54) is 0 Å². The third-order valence-corrected chi connectivity index (χ3v) is 3.33. The largest absolute Gasteiger partial charge is 0.456 e. The summed E-state index contributed by atoms with van der Waals surface area (Å²) in [6.07, 6.45) is 0.813. The van der Waals surface area contributed by atoms with Crippen LogP contribution in [0.1, 0.15) is 41.6 Å². The molecule has 0 unspecified atom stereocenters. The molecule has 0 radical (unpaired) electrons. The lowest BCUT2D eigenvalue weighted by Crippen LogP contribution is -2.24. The predicted molar refractivity (Wildman–Crippen MR) is 62.8 cm³/mol. The van der Waals surface area contributed by atoms with Gasteiger partial charge in [0.25, 0.3) is 0 Å². The van der Waals surface area contributed by atoms with Gasteiger partial charge < -0.3 is 9.47 Å². The van der Waals surface area contributed by atoms with Crippen LogP contribution >= 0.6 is 11.3 Å². The molecule has 0 saturated carbocycles. The van der Waals surface area contributed by atoms with E-state index in [-0.39, 0.29) is 5.97 Å². The van der Waals surface area contributed by atoms with Gasteiger partial charge in [-0.15, -0.1) is 11.3 Å². The van der Waals surface area contributed by atoms with Crippen molar-refractivity contribution < 1.29 is 14.3 Å². The molecule has 2 heterocycles. The Morgan fingerprint density at radius 1 is 1.50 bits per heavy atom. The fourth-order valence-corrected chi connectivity index (χ4v) is 2.67. The number of carbonyl (C=O) groups is 1. The Labute approximate surface area is 99.4 Å². The van der Waals surface area contributed by atoms with Crippen molar-refractivity contribution in [2.24, 2.45) is 0 Å². The first-order valence-electron chi connectivity index (χ1n) is 5.38. The van der Waals surface area contributed by atoms with Gasteiger partial charge in [-0.05, 0) is 32.8 Å². The Bertz CT molecular complexity index is 401. The van der Waals surface area contributed by atoms with E-state index in [2.05, 4.69) is 0 Å². The zero-order valence-electron chi connectivity index (χ0n) is 9.83. The van der Waals surface area contributed by atoms with E-state index in [9.17, 15) is 4.79 Å². The highest BCUT2D eigenvalue weighted by atomic mass is 32.1. The van der Waals surface area contributed by atoms with E-state index < -0.39 is 5.60 Å². The van der Waals surface area contributed by atoms with Crippen LogP contribution in [0.3, 0.4) is 0 Å². The van der Waals surface area contributed by atoms with Crippen molar-refractivity contribution in [3.8, 4) is 0 Å². The van der Waals surface area contributed by atoms with Gasteiger partial charge in [0.05, 0.1) is 18.8 Å². The van der Waals surface area contributed by atoms with Crippen LogP contribution < -0.4 is 0 Å². The van der Waals surface area contributed by atoms with E-state index >= 15 is 0 Å². The molecule has 0 N–H and O–H groups in total. The molecule has 3 nitrogen and oxygen atoms in total. The molecule has 1 aromatic heterocycles. The van der Waals surface area contributed by atoms with Crippen LogP contribution in [0, 0.1) is 0 Å². The maximum Gasteiger partial charge on any atom is 0.339 e. The summed E-state index contributed by atoms with van der Waals surface area (Å²) in [5.74, 6) is -0.216. The highest BCUT2D eigenvalue weighted by molar-refractivity contribution is 7.10. The maximum atomic E-state index is 11.9. The second kappa shape index (κ2) is 4.18. The molecule has 0 amide bonds. The molecule has 0 saturated heterocycles. The summed E-state index contributed by atoms with van der Waals surface area (Å²) in [5, 5.41) is 1.88. The van der Waals surface area contributed by atoms with Gasteiger partial charge in [-0.2, -0.15) is 0 Å². The van der Waals surface area contributed by atoms with Crippen molar-refractivity contribution >= 4 is 17.3 Å². The molecule has 0 aliphatic carbocycles. The molecular formula is C12H16O3S. The zero-order valence-corrected chi connectivity index (χ0v) is 10.6. The molecule has 1 aromatic rings. The van der Waals surface area contributed by atoms with Crippen LogP contribution in [-0.2, 0) is 22.5 Å². The van der Waals surface area contributed by atoms with Crippen molar-refractivity contribution in [1.82, 2.24) is 0 Å². The summed E-state index contributed by atoms with van der Waals surface area (Å²) in [4.78, 5) is 13.1. The summed E-state index contributed by atoms with van der Waals surface area (Å²) >= 11 is 1.58. The van der Waals surface area contributed by atoms with E-state index in [0.29, 0.717) is 13.2 Å².